The molecule has 0 amide bonds. The lowest BCUT2D eigenvalue weighted by Gasteiger charge is -2.05. The summed E-state index contributed by atoms with van der Waals surface area (Å²) in [7, 11) is 0. The molecule has 1 N–H and O–H groups in total. The van der Waals surface area contributed by atoms with Crippen LogP contribution >= 0.6 is 0 Å². The van der Waals surface area contributed by atoms with E-state index >= 15 is 0 Å². The molecule has 0 radical (unpaired) electrons. The predicted octanol–water partition coefficient (Wildman–Crippen LogP) is 3.32. The summed E-state index contributed by atoms with van der Waals surface area (Å²) in [5.74, 6) is 0.640. The number of nitrogens with one attached hydrogen (secondary N) is 1. The number of hydrogen-bond acceptors (Lipinski definition) is 0. The minimum atomic E-state index is 0.640. The molecule has 1 aromatic rings. The van der Waals surface area contributed by atoms with Gasteiger partial charge < -0.3 is 4.98 Å². The fourth-order valence-electron chi connectivity index (χ4n) is 2.05. The van der Waals surface area contributed by atoms with E-state index in [2.05, 4.69) is 39.6 Å². The van der Waals surface area contributed by atoms with Crippen molar-refractivity contribution in [2.24, 2.45) is 0 Å². The average Bonchev–Trinajstić information content (AvgIpc) is 2.25. The van der Waals surface area contributed by atoms with Crippen LogP contribution in [0.1, 0.15) is 49.2 Å². The summed E-state index contributed by atoms with van der Waals surface area (Å²) in [6, 6.07) is 0. The Morgan fingerprint density at radius 3 is 2.08 bits per heavy atom. The molecule has 1 nitrogen and oxygen atoms in total. The fourth-order valence-corrected chi connectivity index (χ4v) is 2.05. The van der Waals surface area contributed by atoms with E-state index in [9.17, 15) is 0 Å². The molecule has 0 spiro atoms. The van der Waals surface area contributed by atoms with E-state index in [1.165, 1.54) is 22.5 Å². The van der Waals surface area contributed by atoms with Gasteiger partial charge in [-0.2, -0.15) is 0 Å². The first-order valence-electron chi connectivity index (χ1n) is 4.75. The molecular weight excluding hydrogens is 146 g/mol. The standard InChI is InChI=1S/C11H19N/c1-6-10-8(4)11(7(2)3)9(5)12-10/h7,12H,6H2,1-5H3. The number of hydrogen-bond donors (Lipinski definition) is 1. The van der Waals surface area contributed by atoms with Crippen molar-refractivity contribution < 1.29 is 0 Å². The van der Waals surface area contributed by atoms with Gasteiger partial charge in [-0.25, -0.2) is 0 Å². The number of aromatic nitrogens is 1. The molecule has 1 heteroatoms. The van der Waals surface area contributed by atoms with Crippen molar-refractivity contribution in [1.29, 1.82) is 0 Å². The summed E-state index contributed by atoms with van der Waals surface area (Å²) in [6.07, 6.45) is 1.11. The molecule has 0 atom stereocenters. The summed E-state index contributed by atoms with van der Waals surface area (Å²) >= 11 is 0. The van der Waals surface area contributed by atoms with E-state index in [1.807, 2.05) is 0 Å². The number of H-pyrrole nitrogens is 1. The van der Waals surface area contributed by atoms with Crippen LogP contribution < -0.4 is 0 Å². The van der Waals surface area contributed by atoms with Crippen LogP contribution in [0.4, 0.5) is 0 Å². The second-order valence-corrected chi connectivity index (χ2v) is 3.78. The first-order chi connectivity index (χ1) is 5.57. The number of aryl methyl sites for hydroxylation is 2. The molecular formula is C11H19N. The maximum atomic E-state index is 3.44. The Hall–Kier alpha value is -0.720. The van der Waals surface area contributed by atoms with Crippen molar-refractivity contribution in [2.75, 3.05) is 0 Å². The molecule has 0 aliphatic carbocycles. The first kappa shape index (κ1) is 9.37. The summed E-state index contributed by atoms with van der Waals surface area (Å²) in [5, 5.41) is 0. The second-order valence-electron chi connectivity index (χ2n) is 3.78. The number of aromatic amines is 1. The lowest BCUT2D eigenvalue weighted by Crippen LogP contribution is -1.90. The van der Waals surface area contributed by atoms with E-state index in [0.717, 1.165) is 6.42 Å². The molecule has 1 aromatic heterocycles. The molecule has 0 saturated carbocycles. The van der Waals surface area contributed by atoms with Crippen LogP contribution in [0, 0.1) is 13.8 Å². The Morgan fingerprint density at radius 2 is 1.83 bits per heavy atom. The van der Waals surface area contributed by atoms with Crippen molar-refractivity contribution in [3.63, 3.8) is 0 Å². The van der Waals surface area contributed by atoms with Gasteiger partial charge in [0.1, 0.15) is 0 Å². The first-order valence-corrected chi connectivity index (χ1v) is 4.75. The SMILES string of the molecule is CCc1[nH]c(C)c(C(C)C)c1C. The zero-order valence-corrected chi connectivity index (χ0v) is 8.78. The third kappa shape index (κ3) is 1.40. The van der Waals surface area contributed by atoms with Crippen molar-refractivity contribution in [1.82, 2.24) is 4.98 Å². The maximum absolute atomic E-state index is 3.44. The highest BCUT2D eigenvalue weighted by Gasteiger charge is 2.12. The molecule has 0 aliphatic heterocycles. The lowest BCUT2D eigenvalue weighted by molar-refractivity contribution is 0.849. The summed E-state index contributed by atoms with van der Waals surface area (Å²) in [5.41, 5.74) is 5.72. The highest BCUT2D eigenvalue weighted by Crippen LogP contribution is 2.25. The van der Waals surface area contributed by atoms with Crippen LogP contribution in [0.3, 0.4) is 0 Å². The van der Waals surface area contributed by atoms with Gasteiger partial charge in [0, 0.05) is 11.4 Å². The summed E-state index contributed by atoms with van der Waals surface area (Å²) in [6.45, 7) is 11.1. The van der Waals surface area contributed by atoms with E-state index in [4.69, 9.17) is 0 Å². The fraction of sp³-hybridized carbons (Fsp3) is 0.636. The van der Waals surface area contributed by atoms with Gasteiger partial charge in [0.2, 0.25) is 0 Å². The Kier molecular flexibility index (Phi) is 2.61. The Morgan fingerprint density at radius 1 is 1.25 bits per heavy atom. The van der Waals surface area contributed by atoms with Crippen molar-refractivity contribution in [2.45, 2.75) is 47.0 Å². The van der Waals surface area contributed by atoms with Crippen molar-refractivity contribution in [3.8, 4) is 0 Å². The minimum Gasteiger partial charge on any atom is -0.362 e. The lowest BCUT2D eigenvalue weighted by atomic mass is 9.98. The van der Waals surface area contributed by atoms with Crippen LogP contribution in [-0.4, -0.2) is 4.98 Å². The molecule has 0 bridgehead atoms. The molecule has 0 aromatic carbocycles. The van der Waals surface area contributed by atoms with Crippen LogP contribution in [-0.2, 0) is 6.42 Å². The van der Waals surface area contributed by atoms with E-state index < -0.39 is 0 Å². The molecule has 1 heterocycles. The van der Waals surface area contributed by atoms with Crippen molar-refractivity contribution >= 4 is 0 Å². The number of rotatable bonds is 2. The van der Waals surface area contributed by atoms with Gasteiger partial charge >= 0.3 is 0 Å². The largest absolute Gasteiger partial charge is 0.362 e. The monoisotopic (exact) mass is 165 g/mol. The molecule has 12 heavy (non-hydrogen) atoms. The smallest absolute Gasteiger partial charge is 0.0179 e. The van der Waals surface area contributed by atoms with Gasteiger partial charge in [-0.05, 0) is 37.3 Å². The quantitative estimate of drug-likeness (QED) is 0.692. The van der Waals surface area contributed by atoms with Gasteiger partial charge in [-0.15, -0.1) is 0 Å². The summed E-state index contributed by atoms with van der Waals surface area (Å²) in [4.78, 5) is 3.44. The van der Waals surface area contributed by atoms with E-state index in [0.29, 0.717) is 5.92 Å². The van der Waals surface area contributed by atoms with Gasteiger partial charge in [0.05, 0.1) is 0 Å². The third-order valence-electron chi connectivity index (χ3n) is 2.53. The summed E-state index contributed by atoms with van der Waals surface area (Å²) < 4.78 is 0. The second kappa shape index (κ2) is 3.34. The normalized spacial score (nSPS) is 11.2. The highest BCUT2D eigenvalue weighted by molar-refractivity contribution is 5.37. The zero-order chi connectivity index (χ0) is 9.30. The molecule has 68 valence electrons. The Bertz CT molecular complexity index is 269. The molecule has 0 unspecified atom stereocenters. The molecule has 0 fully saturated rings. The van der Waals surface area contributed by atoms with Crippen LogP contribution in [0.15, 0.2) is 0 Å². The zero-order valence-electron chi connectivity index (χ0n) is 8.78. The van der Waals surface area contributed by atoms with Crippen LogP contribution in [0.25, 0.3) is 0 Å². The Labute approximate surface area is 75.2 Å². The maximum Gasteiger partial charge on any atom is 0.0179 e. The van der Waals surface area contributed by atoms with E-state index in [-0.39, 0.29) is 0 Å². The molecule has 0 aliphatic rings. The van der Waals surface area contributed by atoms with Gasteiger partial charge in [0.25, 0.3) is 0 Å². The minimum absolute atomic E-state index is 0.640. The average molecular weight is 165 g/mol. The Balaban J connectivity index is 3.19. The van der Waals surface area contributed by atoms with Gasteiger partial charge in [0.15, 0.2) is 0 Å². The van der Waals surface area contributed by atoms with E-state index in [1.54, 1.807) is 0 Å². The van der Waals surface area contributed by atoms with Crippen LogP contribution in [0.5, 0.6) is 0 Å². The molecule has 0 saturated heterocycles. The highest BCUT2D eigenvalue weighted by atomic mass is 14.7. The topological polar surface area (TPSA) is 15.8 Å². The third-order valence-corrected chi connectivity index (χ3v) is 2.53. The predicted molar refractivity (Wildman–Crippen MR) is 53.7 cm³/mol. The van der Waals surface area contributed by atoms with Crippen molar-refractivity contribution in [3.05, 3.63) is 22.5 Å². The molecule has 1 rings (SSSR count). The van der Waals surface area contributed by atoms with Crippen LogP contribution in [0.2, 0.25) is 0 Å². The van der Waals surface area contributed by atoms with Gasteiger partial charge in [-0.3, -0.25) is 0 Å². The van der Waals surface area contributed by atoms with Gasteiger partial charge in [-0.1, -0.05) is 20.8 Å².